The van der Waals surface area contributed by atoms with Gasteiger partial charge in [0.25, 0.3) is 0 Å². The molecule has 3 atom stereocenters. The van der Waals surface area contributed by atoms with Gasteiger partial charge in [-0.25, -0.2) is 0 Å². The molecule has 0 saturated carbocycles. The topological polar surface area (TPSA) is 89.1 Å². The molecule has 1 aromatic heterocycles. The van der Waals surface area contributed by atoms with Crippen LogP contribution in [0.4, 0.5) is 0 Å². The smallest absolute Gasteiger partial charge is 0.229 e. The van der Waals surface area contributed by atoms with Crippen LogP contribution < -0.4 is 0 Å². The first-order valence-electron chi connectivity index (χ1n) is 5.66. The van der Waals surface area contributed by atoms with E-state index in [0.29, 0.717) is 0 Å². The number of furan rings is 1. The summed E-state index contributed by atoms with van der Waals surface area (Å²) in [6.45, 7) is 3.51. The summed E-state index contributed by atoms with van der Waals surface area (Å²) in [7, 11) is 0. The van der Waals surface area contributed by atoms with Crippen LogP contribution in [0.3, 0.4) is 0 Å². The summed E-state index contributed by atoms with van der Waals surface area (Å²) < 4.78 is 15.5. The quantitative estimate of drug-likeness (QED) is 0.755. The molecule has 6 heteroatoms. The summed E-state index contributed by atoms with van der Waals surface area (Å²) in [5, 5.41) is 19.7. The molecule has 1 aliphatic rings. The van der Waals surface area contributed by atoms with E-state index in [1.54, 1.807) is 13.8 Å². The fourth-order valence-electron chi connectivity index (χ4n) is 1.81. The summed E-state index contributed by atoms with van der Waals surface area (Å²) >= 11 is 0. The van der Waals surface area contributed by atoms with Crippen LogP contribution >= 0.6 is 0 Å². The second kappa shape index (κ2) is 4.81. The van der Waals surface area contributed by atoms with Crippen molar-refractivity contribution in [2.45, 2.75) is 37.9 Å². The molecule has 2 N–H and O–H groups in total. The minimum atomic E-state index is -1.60. The first-order chi connectivity index (χ1) is 8.41. The average molecular weight is 256 g/mol. The monoisotopic (exact) mass is 256 g/mol. The van der Waals surface area contributed by atoms with Crippen LogP contribution in [0.2, 0.25) is 0 Å². The molecule has 0 spiro atoms. The molecule has 0 aliphatic carbocycles. The van der Waals surface area contributed by atoms with Crippen LogP contribution in [0.25, 0.3) is 0 Å². The van der Waals surface area contributed by atoms with Crippen LogP contribution in [-0.4, -0.2) is 46.7 Å². The Kier molecular flexibility index (Phi) is 3.54. The van der Waals surface area contributed by atoms with E-state index in [9.17, 15) is 15.0 Å². The van der Waals surface area contributed by atoms with Crippen LogP contribution in [0.5, 0.6) is 0 Å². The lowest BCUT2D eigenvalue weighted by atomic mass is 10.0. The number of hydrogen-bond acceptors (Lipinski definition) is 6. The zero-order valence-corrected chi connectivity index (χ0v) is 10.2. The molecule has 100 valence electrons. The van der Waals surface area contributed by atoms with E-state index in [4.69, 9.17) is 13.9 Å². The number of Topliss-reactive ketones (excluding diaryl/α,β-unsaturated/α-hetero) is 1. The van der Waals surface area contributed by atoms with E-state index in [-0.39, 0.29) is 12.4 Å². The zero-order chi connectivity index (χ0) is 13.3. The lowest BCUT2D eigenvalue weighted by molar-refractivity contribution is -0.157. The number of ether oxygens (including phenoxy) is 2. The summed E-state index contributed by atoms with van der Waals surface area (Å²) in [6, 6.07) is 2.96. The lowest BCUT2D eigenvalue weighted by Gasteiger charge is -2.22. The van der Waals surface area contributed by atoms with Gasteiger partial charge in [0.15, 0.2) is 11.5 Å². The molecule has 2 heterocycles. The van der Waals surface area contributed by atoms with Gasteiger partial charge in [0.1, 0.15) is 18.3 Å². The van der Waals surface area contributed by atoms with E-state index in [1.807, 2.05) is 0 Å². The molecule has 1 fully saturated rings. The van der Waals surface area contributed by atoms with Crippen molar-refractivity contribution in [3.8, 4) is 0 Å². The predicted molar refractivity (Wildman–Crippen MR) is 60.0 cm³/mol. The summed E-state index contributed by atoms with van der Waals surface area (Å²) in [4.78, 5) is 11.8. The van der Waals surface area contributed by atoms with E-state index in [0.717, 1.165) is 0 Å². The highest BCUT2D eigenvalue weighted by Crippen LogP contribution is 2.25. The van der Waals surface area contributed by atoms with Crippen LogP contribution in [0, 0.1) is 0 Å². The molecule has 0 aromatic carbocycles. The molecular formula is C12H16O6. The molecule has 0 radical (unpaired) electrons. The number of carbonyl (C=O) groups excluding carboxylic acids is 1. The van der Waals surface area contributed by atoms with E-state index < -0.39 is 29.9 Å². The first kappa shape index (κ1) is 13.2. The maximum Gasteiger partial charge on any atom is 0.229 e. The minimum absolute atomic E-state index is 0.000254. The molecule has 1 aromatic rings. The maximum atomic E-state index is 11.8. The molecule has 0 amide bonds. The van der Waals surface area contributed by atoms with Gasteiger partial charge in [-0.2, -0.15) is 0 Å². The van der Waals surface area contributed by atoms with Crippen molar-refractivity contribution in [2.75, 3.05) is 6.61 Å². The Balaban J connectivity index is 2.01. The molecule has 0 bridgehead atoms. The standard InChI is InChI=1S/C12H16O6/c1-12(2)17-6-8(18-12)10(14)11(15)9(13)7-4-3-5-16-7/h3-5,8,10-11,14-15H,6H2,1-2H3/t8-,10-,11+/m1/s1. The Hall–Kier alpha value is -1.21. The van der Waals surface area contributed by atoms with E-state index in [2.05, 4.69) is 0 Å². The summed E-state index contributed by atoms with van der Waals surface area (Å²) in [6.07, 6.45) is -2.37. The number of rotatable bonds is 4. The van der Waals surface area contributed by atoms with Gasteiger partial charge in [-0.1, -0.05) is 0 Å². The number of aliphatic hydroxyl groups is 2. The van der Waals surface area contributed by atoms with E-state index >= 15 is 0 Å². The fourth-order valence-corrected chi connectivity index (χ4v) is 1.81. The summed E-state index contributed by atoms with van der Waals surface area (Å²) in [5.74, 6) is -1.50. The second-order valence-electron chi connectivity index (χ2n) is 4.64. The van der Waals surface area contributed by atoms with Gasteiger partial charge in [-0.15, -0.1) is 0 Å². The maximum absolute atomic E-state index is 11.8. The summed E-state index contributed by atoms with van der Waals surface area (Å²) in [5.41, 5.74) is 0. The molecule has 2 rings (SSSR count). The van der Waals surface area contributed by atoms with Gasteiger partial charge in [0.05, 0.1) is 12.9 Å². The van der Waals surface area contributed by atoms with Crippen molar-refractivity contribution < 1.29 is 28.9 Å². The number of carbonyl (C=O) groups is 1. The SMILES string of the molecule is CC1(C)OC[C@H]([C@@H](O)[C@@H](O)C(=O)c2ccco2)O1. The first-order valence-corrected chi connectivity index (χ1v) is 5.66. The van der Waals surface area contributed by atoms with Crippen molar-refractivity contribution in [3.63, 3.8) is 0 Å². The third-order valence-electron chi connectivity index (χ3n) is 2.77. The highest BCUT2D eigenvalue weighted by Gasteiger charge is 2.41. The van der Waals surface area contributed by atoms with Gasteiger partial charge >= 0.3 is 0 Å². The predicted octanol–water partition coefficient (Wildman–Crippen LogP) is 0.336. The fraction of sp³-hybridized carbons (Fsp3) is 0.583. The normalized spacial score (nSPS) is 25.9. The zero-order valence-electron chi connectivity index (χ0n) is 10.2. The number of ketones is 1. The van der Waals surface area contributed by atoms with Crippen molar-refractivity contribution >= 4 is 5.78 Å². The Morgan fingerprint density at radius 3 is 2.72 bits per heavy atom. The Labute approximate surface area is 104 Å². The third-order valence-corrected chi connectivity index (χ3v) is 2.77. The largest absolute Gasteiger partial charge is 0.461 e. The molecular weight excluding hydrogens is 240 g/mol. The molecule has 6 nitrogen and oxygen atoms in total. The van der Waals surface area contributed by atoms with Crippen molar-refractivity contribution in [1.82, 2.24) is 0 Å². The molecule has 1 saturated heterocycles. The Morgan fingerprint density at radius 2 is 2.22 bits per heavy atom. The van der Waals surface area contributed by atoms with Crippen LogP contribution in [0.1, 0.15) is 24.4 Å². The van der Waals surface area contributed by atoms with Crippen molar-refractivity contribution in [3.05, 3.63) is 24.2 Å². The van der Waals surface area contributed by atoms with Crippen molar-refractivity contribution in [2.24, 2.45) is 0 Å². The highest BCUT2D eigenvalue weighted by molar-refractivity contribution is 5.97. The van der Waals surface area contributed by atoms with Gasteiger partial charge in [-0.3, -0.25) is 4.79 Å². The lowest BCUT2D eigenvalue weighted by Crippen LogP contribution is -2.44. The highest BCUT2D eigenvalue weighted by atomic mass is 16.7. The van der Waals surface area contributed by atoms with Crippen molar-refractivity contribution in [1.29, 1.82) is 0 Å². The van der Waals surface area contributed by atoms with E-state index in [1.165, 1.54) is 18.4 Å². The van der Waals surface area contributed by atoms with Crippen LogP contribution in [-0.2, 0) is 9.47 Å². The second-order valence-corrected chi connectivity index (χ2v) is 4.64. The van der Waals surface area contributed by atoms with Gasteiger partial charge < -0.3 is 24.1 Å². The Morgan fingerprint density at radius 1 is 1.50 bits per heavy atom. The average Bonchev–Trinajstić information content (AvgIpc) is 2.95. The number of hydrogen-bond donors (Lipinski definition) is 2. The third kappa shape index (κ3) is 2.62. The van der Waals surface area contributed by atoms with Crippen LogP contribution in [0.15, 0.2) is 22.8 Å². The molecule has 1 aliphatic heterocycles. The Bertz CT molecular complexity index is 410. The van der Waals surface area contributed by atoms with Gasteiger partial charge in [0, 0.05) is 0 Å². The molecule has 0 unspecified atom stereocenters. The number of aliphatic hydroxyl groups excluding tert-OH is 2. The van der Waals surface area contributed by atoms with Gasteiger partial charge in [0.2, 0.25) is 5.78 Å². The minimum Gasteiger partial charge on any atom is -0.461 e. The van der Waals surface area contributed by atoms with Gasteiger partial charge in [-0.05, 0) is 26.0 Å². The molecule has 18 heavy (non-hydrogen) atoms.